The van der Waals surface area contributed by atoms with Crippen LogP contribution in [-0.4, -0.2) is 16.1 Å². The van der Waals surface area contributed by atoms with Crippen LogP contribution in [0.3, 0.4) is 0 Å². The Labute approximate surface area is 122 Å². The van der Waals surface area contributed by atoms with E-state index in [0.29, 0.717) is 17.0 Å². The van der Waals surface area contributed by atoms with Crippen LogP contribution in [-0.2, 0) is 0 Å². The lowest BCUT2D eigenvalue weighted by Gasteiger charge is -2.12. The van der Waals surface area contributed by atoms with E-state index in [0.717, 1.165) is 11.1 Å². The third kappa shape index (κ3) is 3.18. The summed E-state index contributed by atoms with van der Waals surface area (Å²) in [5.41, 5.74) is 2.84. The molecule has 0 fully saturated rings. The maximum atomic E-state index is 11.1. The molecule has 0 bridgehead atoms. The van der Waals surface area contributed by atoms with Gasteiger partial charge in [0.2, 0.25) is 5.88 Å². The zero-order chi connectivity index (χ0) is 15.6. The predicted octanol–water partition coefficient (Wildman–Crippen LogP) is 3.37. The monoisotopic (exact) mass is 282 g/mol. The van der Waals surface area contributed by atoms with E-state index in [1.54, 1.807) is 19.1 Å². The smallest absolute Gasteiger partial charge is 0.335 e. The molecule has 0 amide bonds. The largest absolute Gasteiger partial charge is 0.478 e. The normalized spacial score (nSPS) is 10.0. The summed E-state index contributed by atoms with van der Waals surface area (Å²) in [5.74, 6) is -0.217. The third-order valence-corrected chi connectivity index (χ3v) is 2.97. The van der Waals surface area contributed by atoms with Crippen molar-refractivity contribution in [3.05, 3.63) is 52.2 Å². The Morgan fingerprint density at radius 3 is 2.33 bits per heavy atom. The van der Waals surface area contributed by atoms with Crippen LogP contribution in [0, 0.1) is 32.1 Å². The molecule has 1 aromatic heterocycles. The van der Waals surface area contributed by atoms with Gasteiger partial charge in [-0.1, -0.05) is 0 Å². The van der Waals surface area contributed by atoms with E-state index in [2.05, 4.69) is 11.1 Å². The molecule has 2 aromatic rings. The molecular weight excluding hydrogens is 268 g/mol. The van der Waals surface area contributed by atoms with Crippen molar-refractivity contribution in [3.8, 4) is 17.7 Å². The minimum absolute atomic E-state index is 0.126. The topological polar surface area (TPSA) is 83.2 Å². The number of pyridine rings is 1. The number of aromatic nitrogens is 1. The average molecular weight is 282 g/mol. The number of carboxylic acid groups (broad SMARTS) is 1. The molecule has 1 aromatic carbocycles. The van der Waals surface area contributed by atoms with E-state index in [9.17, 15) is 4.79 Å². The Hall–Kier alpha value is -2.87. The van der Waals surface area contributed by atoms with Gasteiger partial charge in [-0.25, -0.2) is 9.78 Å². The van der Waals surface area contributed by atoms with Crippen molar-refractivity contribution in [1.82, 2.24) is 4.98 Å². The van der Waals surface area contributed by atoms with E-state index in [1.165, 1.54) is 12.1 Å². The first-order valence-electron chi connectivity index (χ1n) is 6.32. The van der Waals surface area contributed by atoms with Gasteiger partial charge in [0.25, 0.3) is 0 Å². The van der Waals surface area contributed by atoms with Gasteiger partial charge in [-0.05, 0) is 50.1 Å². The summed E-state index contributed by atoms with van der Waals surface area (Å²) in [7, 11) is 0. The highest BCUT2D eigenvalue weighted by Crippen LogP contribution is 2.29. The Balaban J connectivity index is 2.44. The van der Waals surface area contributed by atoms with Crippen LogP contribution in [0.25, 0.3) is 0 Å². The Morgan fingerprint density at radius 2 is 1.81 bits per heavy atom. The highest BCUT2D eigenvalue weighted by molar-refractivity contribution is 5.88. The molecule has 5 heteroatoms. The van der Waals surface area contributed by atoms with Crippen molar-refractivity contribution in [2.75, 3.05) is 0 Å². The van der Waals surface area contributed by atoms with Crippen molar-refractivity contribution in [3.63, 3.8) is 0 Å². The van der Waals surface area contributed by atoms with Gasteiger partial charge in [-0.15, -0.1) is 0 Å². The number of aryl methyl sites for hydroxylation is 3. The molecule has 0 unspecified atom stereocenters. The second kappa shape index (κ2) is 5.63. The molecule has 0 saturated carbocycles. The number of nitriles is 1. The summed E-state index contributed by atoms with van der Waals surface area (Å²) < 4.78 is 5.73. The molecule has 2 rings (SSSR count). The van der Waals surface area contributed by atoms with Gasteiger partial charge in [0, 0.05) is 11.8 Å². The van der Waals surface area contributed by atoms with E-state index in [-0.39, 0.29) is 11.4 Å². The minimum Gasteiger partial charge on any atom is -0.478 e. The number of ether oxygens (including phenoxy) is 1. The molecule has 0 radical (unpaired) electrons. The van der Waals surface area contributed by atoms with Crippen molar-refractivity contribution in [2.24, 2.45) is 0 Å². The van der Waals surface area contributed by atoms with Crippen molar-refractivity contribution in [1.29, 1.82) is 5.26 Å². The number of hydrogen-bond donors (Lipinski definition) is 1. The van der Waals surface area contributed by atoms with Gasteiger partial charge in [-0.2, -0.15) is 5.26 Å². The Bertz CT molecular complexity index is 738. The number of carbonyl (C=O) groups is 1. The second-order valence-corrected chi connectivity index (χ2v) is 4.79. The first-order chi connectivity index (χ1) is 9.90. The van der Waals surface area contributed by atoms with E-state index >= 15 is 0 Å². The molecule has 0 spiro atoms. The van der Waals surface area contributed by atoms with Crippen molar-refractivity contribution >= 4 is 5.97 Å². The van der Waals surface area contributed by atoms with Crippen LogP contribution in [0.2, 0.25) is 0 Å². The number of nitrogens with zero attached hydrogens (tertiary/aromatic N) is 2. The summed E-state index contributed by atoms with van der Waals surface area (Å²) in [5, 5.41) is 18.0. The molecular formula is C16H14N2O3. The fraction of sp³-hybridized carbons (Fsp3) is 0.188. The molecule has 106 valence electrons. The van der Waals surface area contributed by atoms with Gasteiger partial charge in [0.15, 0.2) is 0 Å². The second-order valence-electron chi connectivity index (χ2n) is 4.79. The number of hydrogen-bond acceptors (Lipinski definition) is 4. The van der Waals surface area contributed by atoms with Gasteiger partial charge in [-0.3, -0.25) is 0 Å². The van der Waals surface area contributed by atoms with Crippen LogP contribution in [0.5, 0.6) is 11.6 Å². The standard InChI is InChI=1S/C16H14N2O3/c1-9-4-12(8-17)5-10(2)15(9)21-14-7-13(16(19)20)6-11(3)18-14/h4-7H,1-3H3,(H,19,20). The maximum Gasteiger partial charge on any atom is 0.335 e. The van der Waals surface area contributed by atoms with Crippen LogP contribution >= 0.6 is 0 Å². The third-order valence-electron chi connectivity index (χ3n) is 2.97. The molecule has 1 heterocycles. The molecule has 0 aliphatic heterocycles. The minimum atomic E-state index is -1.03. The molecule has 5 nitrogen and oxygen atoms in total. The fourth-order valence-corrected chi connectivity index (χ4v) is 2.09. The Morgan fingerprint density at radius 1 is 1.19 bits per heavy atom. The zero-order valence-corrected chi connectivity index (χ0v) is 12.0. The lowest BCUT2D eigenvalue weighted by atomic mass is 10.1. The lowest BCUT2D eigenvalue weighted by Crippen LogP contribution is -2.01. The highest BCUT2D eigenvalue weighted by Gasteiger charge is 2.12. The fourth-order valence-electron chi connectivity index (χ4n) is 2.09. The molecule has 21 heavy (non-hydrogen) atoms. The summed E-state index contributed by atoms with van der Waals surface area (Å²) in [6.07, 6.45) is 0. The predicted molar refractivity (Wildman–Crippen MR) is 76.6 cm³/mol. The van der Waals surface area contributed by atoms with E-state index in [1.807, 2.05) is 13.8 Å². The summed E-state index contributed by atoms with van der Waals surface area (Å²) in [4.78, 5) is 15.2. The van der Waals surface area contributed by atoms with E-state index in [4.69, 9.17) is 15.1 Å². The molecule has 0 aliphatic carbocycles. The van der Waals surface area contributed by atoms with Crippen molar-refractivity contribution < 1.29 is 14.6 Å². The van der Waals surface area contributed by atoms with Crippen LogP contribution < -0.4 is 4.74 Å². The zero-order valence-electron chi connectivity index (χ0n) is 12.0. The first-order valence-corrected chi connectivity index (χ1v) is 6.32. The molecule has 0 saturated heterocycles. The average Bonchev–Trinajstić information content (AvgIpc) is 2.42. The van der Waals surface area contributed by atoms with Crippen LogP contribution in [0.1, 0.15) is 32.7 Å². The summed E-state index contributed by atoms with van der Waals surface area (Å²) in [6, 6.07) is 8.38. The van der Waals surface area contributed by atoms with Gasteiger partial charge in [0.1, 0.15) is 5.75 Å². The van der Waals surface area contributed by atoms with Crippen LogP contribution in [0.15, 0.2) is 24.3 Å². The summed E-state index contributed by atoms with van der Waals surface area (Å²) in [6.45, 7) is 5.37. The van der Waals surface area contributed by atoms with Gasteiger partial charge < -0.3 is 9.84 Å². The SMILES string of the molecule is Cc1cc(C(=O)O)cc(Oc2c(C)cc(C#N)cc2C)n1. The maximum absolute atomic E-state index is 11.1. The lowest BCUT2D eigenvalue weighted by molar-refractivity contribution is 0.0696. The van der Waals surface area contributed by atoms with Crippen LogP contribution in [0.4, 0.5) is 0 Å². The van der Waals surface area contributed by atoms with Gasteiger partial charge in [0.05, 0.1) is 17.2 Å². The Kier molecular flexibility index (Phi) is 3.90. The molecule has 0 atom stereocenters. The first kappa shape index (κ1) is 14.5. The summed E-state index contributed by atoms with van der Waals surface area (Å²) >= 11 is 0. The number of carboxylic acids is 1. The highest BCUT2D eigenvalue weighted by atomic mass is 16.5. The molecule has 1 N–H and O–H groups in total. The quantitative estimate of drug-likeness (QED) is 0.933. The number of aromatic carboxylic acids is 1. The number of benzene rings is 1. The number of rotatable bonds is 3. The van der Waals surface area contributed by atoms with Crippen molar-refractivity contribution in [2.45, 2.75) is 20.8 Å². The molecule has 0 aliphatic rings. The van der Waals surface area contributed by atoms with E-state index < -0.39 is 5.97 Å². The van der Waals surface area contributed by atoms with Gasteiger partial charge >= 0.3 is 5.97 Å².